The first kappa shape index (κ1) is 12.4. The summed E-state index contributed by atoms with van der Waals surface area (Å²) in [4.78, 5) is 4.18. The number of rotatable bonds is 4. The monoisotopic (exact) mass is 265 g/mol. The zero-order valence-corrected chi connectivity index (χ0v) is 10.9. The van der Waals surface area contributed by atoms with E-state index in [0.29, 0.717) is 12.4 Å². The lowest BCUT2D eigenvalue weighted by Crippen LogP contribution is -2.12. The van der Waals surface area contributed by atoms with Gasteiger partial charge in [0.05, 0.1) is 12.7 Å². The van der Waals surface area contributed by atoms with E-state index in [1.807, 2.05) is 47.4 Å². The molecule has 3 N–H and O–H groups in total. The lowest BCUT2D eigenvalue weighted by molar-refractivity contribution is 0.686. The Morgan fingerprint density at radius 3 is 2.70 bits per heavy atom. The third-order valence-corrected chi connectivity index (χ3v) is 3.10. The summed E-state index contributed by atoms with van der Waals surface area (Å²) in [6, 6.07) is 14.0. The van der Waals surface area contributed by atoms with Crippen LogP contribution in [0.4, 0.5) is 5.82 Å². The molecule has 0 aliphatic rings. The van der Waals surface area contributed by atoms with Gasteiger partial charge in [-0.25, -0.2) is 10.8 Å². The lowest BCUT2D eigenvalue weighted by Gasteiger charge is -2.07. The van der Waals surface area contributed by atoms with Crippen molar-refractivity contribution < 1.29 is 0 Å². The van der Waals surface area contributed by atoms with Crippen LogP contribution >= 0.6 is 0 Å². The number of hydrogen-bond donors (Lipinski definition) is 2. The number of nitrogens with zero attached hydrogens (tertiary/aromatic N) is 3. The molecule has 1 aromatic carbocycles. The van der Waals surface area contributed by atoms with E-state index in [1.165, 1.54) is 0 Å². The quantitative estimate of drug-likeness (QED) is 0.561. The van der Waals surface area contributed by atoms with Crippen LogP contribution in [0.15, 0.2) is 61.1 Å². The average molecular weight is 265 g/mol. The summed E-state index contributed by atoms with van der Waals surface area (Å²) in [6.07, 6.45) is 5.58. The molecule has 3 rings (SSSR count). The van der Waals surface area contributed by atoms with Crippen LogP contribution < -0.4 is 11.3 Å². The van der Waals surface area contributed by atoms with Crippen molar-refractivity contribution in [3.63, 3.8) is 0 Å². The summed E-state index contributed by atoms with van der Waals surface area (Å²) in [6.45, 7) is 0.625. The Labute approximate surface area is 117 Å². The largest absolute Gasteiger partial charge is 0.308 e. The van der Waals surface area contributed by atoms with Crippen LogP contribution in [-0.4, -0.2) is 14.8 Å². The second kappa shape index (κ2) is 5.54. The summed E-state index contributed by atoms with van der Waals surface area (Å²) in [5.74, 6) is 6.13. The van der Waals surface area contributed by atoms with E-state index < -0.39 is 0 Å². The summed E-state index contributed by atoms with van der Waals surface area (Å²) in [5, 5.41) is 4.38. The normalized spacial score (nSPS) is 10.4. The van der Waals surface area contributed by atoms with Crippen LogP contribution in [-0.2, 0) is 6.54 Å². The number of hydrazine groups is 1. The highest BCUT2D eigenvalue weighted by Crippen LogP contribution is 2.19. The molecule has 20 heavy (non-hydrogen) atoms. The highest BCUT2D eigenvalue weighted by molar-refractivity contribution is 5.61. The maximum Gasteiger partial charge on any atom is 0.144 e. The van der Waals surface area contributed by atoms with E-state index in [0.717, 1.165) is 16.7 Å². The number of anilines is 1. The van der Waals surface area contributed by atoms with Gasteiger partial charge in [-0.1, -0.05) is 36.4 Å². The van der Waals surface area contributed by atoms with Gasteiger partial charge in [0.1, 0.15) is 5.82 Å². The van der Waals surface area contributed by atoms with Gasteiger partial charge in [-0.05, 0) is 11.6 Å². The fourth-order valence-electron chi connectivity index (χ4n) is 2.10. The molecule has 0 amide bonds. The van der Waals surface area contributed by atoms with E-state index in [-0.39, 0.29) is 0 Å². The van der Waals surface area contributed by atoms with Gasteiger partial charge in [-0.15, -0.1) is 0 Å². The zero-order valence-electron chi connectivity index (χ0n) is 10.9. The van der Waals surface area contributed by atoms with E-state index >= 15 is 0 Å². The molecular weight excluding hydrogens is 250 g/mol. The minimum absolute atomic E-state index is 0.625. The van der Waals surface area contributed by atoms with Crippen LogP contribution in [0.2, 0.25) is 0 Å². The van der Waals surface area contributed by atoms with Gasteiger partial charge >= 0.3 is 0 Å². The van der Waals surface area contributed by atoms with Crippen molar-refractivity contribution in [2.75, 3.05) is 5.43 Å². The molecule has 2 aromatic heterocycles. The van der Waals surface area contributed by atoms with Gasteiger partial charge in [-0.3, -0.25) is 4.68 Å². The van der Waals surface area contributed by atoms with Gasteiger partial charge in [0.25, 0.3) is 0 Å². The van der Waals surface area contributed by atoms with Crippen molar-refractivity contribution >= 4 is 5.82 Å². The molecule has 0 radical (unpaired) electrons. The first-order valence-electron chi connectivity index (χ1n) is 6.35. The third kappa shape index (κ3) is 2.53. The summed E-state index contributed by atoms with van der Waals surface area (Å²) < 4.78 is 1.88. The van der Waals surface area contributed by atoms with Crippen molar-refractivity contribution in [1.29, 1.82) is 0 Å². The van der Waals surface area contributed by atoms with E-state index in [1.54, 1.807) is 6.20 Å². The van der Waals surface area contributed by atoms with E-state index in [4.69, 9.17) is 5.84 Å². The molecule has 5 nitrogen and oxygen atoms in total. The minimum Gasteiger partial charge on any atom is -0.308 e. The Hall–Kier alpha value is -2.66. The minimum atomic E-state index is 0.625. The number of nitrogen functional groups attached to an aromatic ring is 1. The predicted molar refractivity (Wildman–Crippen MR) is 78.8 cm³/mol. The standard InChI is InChI=1S/C15H15N5/c16-19-15-13(7-4-8-17-15)10-20-11-14(9-18-20)12-5-2-1-3-6-12/h1-9,11H,10,16H2,(H,17,19). The molecule has 100 valence electrons. The van der Waals surface area contributed by atoms with E-state index in [9.17, 15) is 0 Å². The SMILES string of the molecule is NNc1ncccc1Cn1cc(-c2ccccc2)cn1. The summed E-state index contributed by atoms with van der Waals surface area (Å²) in [5.41, 5.74) is 5.85. The van der Waals surface area contributed by atoms with Crippen molar-refractivity contribution in [1.82, 2.24) is 14.8 Å². The smallest absolute Gasteiger partial charge is 0.144 e. The van der Waals surface area contributed by atoms with Crippen molar-refractivity contribution in [3.05, 3.63) is 66.6 Å². The van der Waals surface area contributed by atoms with Crippen LogP contribution in [0, 0.1) is 0 Å². The molecule has 0 aliphatic carbocycles. The van der Waals surface area contributed by atoms with Gasteiger partial charge in [0.2, 0.25) is 0 Å². The topological polar surface area (TPSA) is 68.8 Å². The second-order valence-electron chi connectivity index (χ2n) is 4.45. The van der Waals surface area contributed by atoms with Crippen LogP contribution in [0.1, 0.15) is 5.56 Å². The van der Waals surface area contributed by atoms with Crippen LogP contribution in [0.5, 0.6) is 0 Å². The first-order chi connectivity index (χ1) is 9.86. The molecule has 0 saturated carbocycles. The molecule has 3 aromatic rings. The molecule has 0 fully saturated rings. The predicted octanol–water partition coefficient (Wildman–Crippen LogP) is 2.28. The molecule has 0 unspecified atom stereocenters. The number of hydrogen-bond acceptors (Lipinski definition) is 4. The maximum absolute atomic E-state index is 5.46. The molecule has 0 saturated heterocycles. The number of nitrogens with one attached hydrogen (secondary N) is 1. The van der Waals surface area contributed by atoms with Crippen LogP contribution in [0.25, 0.3) is 11.1 Å². The highest BCUT2D eigenvalue weighted by atomic mass is 15.3. The van der Waals surface area contributed by atoms with Gasteiger partial charge in [0.15, 0.2) is 0 Å². The van der Waals surface area contributed by atoms with Crippen molar-refractivity contribution in [2.45, 2.75) is 6.54 Å². The van der Waals surface area contributed by atoms with Gasteiger partial charge in [0, 0.05) is 23.5 Å². The zero-order chi connectivity index (χ0) is 13.8. The molecular formula is C15H15N5. The molecule has 0 spiro atoms. The Kier molecular flexibility index (Phi) is 3.43. The van der Waals surface area contributed by atoms with Crippen molar-refractivity contribution in [2.24, 2.45) is 5.84 Å². The molecule has 0 bridgehead atoms. The lowest BCUT2D eigenvalue weighted by atomic mass is 10.1. The van der Waals surface area contributed by atoms with Crippen LogP contribution in [0.3, 0.4) is 0 Å². The number of benzene rings is 1. The van der Waals surface area contributed by atoms with Gasteiger partial charge in [-0.2, -0.15) is 5.10 Å². The molecule has 5 heteroatoms. The summed E-state index contributed by atoms with van der Waals surface area (Å²) in [7, 11) is 0. The highest BCUT2D eigenvalue weighted by Gasteiger charge is 2.05. The summed E-state index contributed by atoms with van der Waals surface area (Å²) >= 11 is 0. The molecule has 0 atom stereocenters. The Bertz CT molecular complexity index is 690. The van der Waals surface area contributed by atoms with Crippen molar-refractivity contribution in [3.8, 4) is 11.1 Å². The fourth-order valence-corrected chi connectivity index (χ4v) is 2.10. The van der Waals surface area contributed by atoms with Gasteiger partial charge < -0.3 is 5.43 Å². The number of pyridine rings is 1. The Balaban J connectivity index is 1.84. The Morgan fingerprint density at radius 2 is 1.90 bits per heavy atom. The fraction of sp³-hybridized carbons (Fsp3) is 0.0667. The third-order valence-electron chi connectivity index (χ3n) is 3.10. The Morgan fingerprint density at radius 1 is 1.05 bits per heavy atom. The first-order valence-corrected chi connectivity index (χ1v) is 6.35. The van der Waals surface area contributed by atoms with E-state index in [2.05, 4.69) is 27.6 Å². The number of aromatic nitrogens is 3. The number of nitrogens with two attached hydrogens (primary N) is 1. The molecule has 2 heterocycles. The second-order valence-corrected chi connectivity index (χ2v) is 4.45. The molecule has 0 aliphatic heterocycles. The maximum atomic E-state index is 5.46. The average Bonchev–Trinajstić information content (AvgIpc) is 2.97.